The predicted octanol–water partition coefficient (Wildman–Crippen LogP) is 2.84. The van der Waals surface area contributed by atoms with Gasteiger partial charge in [0, 0.05) is 30.4 Å². The number of aryl methyl sites for hydroxylation is 2. The van der Waals surface area contributed by atoms with Crippen molar-refractivity contribution in [2.45, 2.75) is 27.0 Å². The Bertz CT molecular complexity index is 626. The van der Waals surface area contributed by atoms with E-state index in [0.29, 0.717) is 6.54 Å². The smallest absolute Gasteiger partial charge is 0.134 e. The summed E-state index contributed by atoms with van der Waals surface area (Å²) in [5.74, 6) is 1.68. The molecule has 4 heteroatoms. The molecule has 0 radical (unpaired) electrons. The molecular formula is C17H22N2O2. The summed E-state index contributed by atoms with van der Waals surface area (Å²) >= 11 is 0. The molecule has 1 aromatic heterocycles. The summed E-state index contributed by atoms with van der Waals surface area (Å²) in [5.41, 5.74) is 3.98. The molecule has 1 aromatic carbocycles. The van der Waals surface area contributed by atoms with E-state index < -0.39 is 0 Å². The normalized spacial score (nSPS) is 10.5. The van der Waals surface area contributed by atoms with E-state index in [4.69, 9.17) is 4.74 Å². The molecule has 0 aliphatic rings. The van der Waals surface area contributed by atoms with Crippen molar-refractivity contribution in [3.63, 3.8) is 0 Å². The van der Waals surface area contributed by atoms with E-state index in [1.807, 2.05) is 56.1 Å². The molecule has 0 aliphatic carbocycles. The summed E-state index contributed by atoms with van der Waals surface area (Å²) in [6.45, 7) is 4.63. The quantitative estimate of drug-likeness (QED) is 0.918. The number of aromatic nitrogens is 1. The summed E-state index contributed by atoms with van der Waals surface area (Å²) < 4.78 is 5.39. The van der Waals surface area contributed by atoms with E-state index in [0.717, 1.165) is 34.0 Å². The van der Waals surface area contributed by atoms with Crippen LogP contribution in [0.3, 0.4) is 0 Å². The van der Waals surface area contributed by atoms with Gasteiger partial charge in [0.1, 0.15) is 11.6 Å². The van der Waals surface area contributed by atoms with Crippen LogP contribution in [-0.2, 0) is 13.2 Å². The summed E-state index contributed by atoms with van der Waals surface area (Å²) in [5, 5.41) is 9.61. The number of benzene rings is 1. The standard InChI is InChI=1S/C17H22N2O2/c1-12-9-13(2)18-17(15(12)11-20)19(3)10-14-7-5-6-8-16(14)21-4/h5-9,20H,10-11H2,1-4H3. The number of ether oxygens (including phenoxy) is 1. The lowest BCUT2D eigenvalue weighted by Gasteiger charge is -2.23. The number of nitrogens with zero attached hydrogens (tertiary/aromatic N) is 2. The molecule has 0 saturated carbocycles. The minimum atomic E-state index is -0.00922. The van der Waals surface area contributed by atoms with Crippen molar-refractivity contribution in [1.29, 1.82) is 0 Å². The predicted molar refractivity (Wildman–Crippen MR) is 84.7 cm³/mol. The molecule has 1 heterocycles. The first kappa shape index (κ1) is 15.3. The minimum absolute atomic E-state index is 0.00922. The fourth-order valence-corrected chi connectivity index (χ4v) is 2.52. The van der Waals surface area contributed by atoms with Gasteiger partial charge >= 0.3 is 0 Å². The van der Waals surface area contributed by atoms with Gasteiger partial charge in [0.15, 0.2) is 0 Å². The molecule has 0 atom stereocenters. The van der Waals surface area contributed by atoms with Crippen LogP contribution < -0.4 is 9.64 Å². The fraction of sp³-hybridized carbons (Fsp3) is 0.353. The summed E-state index contributed by atoms with van der Waals surface area (Å²) in [7, 11) is 3.65. The highest BCUT2D eigenvalue weighted by atomic mass is 16.5. The van der Waals surface area contributed by atoms with Gasteiger partial charge in [0.05, 0.1) is 13.7 Å². The van der Waals surface area contributed by atoms with Gasteiger partial charge in [0.2, 0.25) is 0 Å². The molecule has 4 nitrogen and oxygen atoms in total. The first-order valence-corrected chi connectivity index (χ1v) is 6.97. The average Bonchev–Trinajstić information content (AvgIpc) is 2.47. The van der Waals surface area contributed by atoms with Crippen molar-refractivity contribution in [3.05, 3.63) is 52.7 Å². The lowest BCUT2D eigenvalue weighted by atomic mass is 10.1. The van der Waals surface area contributed by atoms with Crippen LogP contribution in [0.15, 0.2) is 30.3 Å². The van der Waals surface area contributed by atoms with Gasteiger partial charge < -0.3 is 14.7 Å². The maximum absolute atomic E-state index is 9.61. The molecule has 0 saturated heterocycles. The molecule has 0 aliphatic heterocycles. The van der Waals surface area contributed by atoms with Crippen molar-refractivity contribution >= 4 is 5.82 Å². The molecule has 2 rings (SSSR count). The number of anilines is 1. The molecule has 112 valence electrons. The number of pyridine rings is 1. The van der Waals surface area contributed by atoms with E-state index in [1.54, 1.807) is 7.11 Å². The molecule has 2 aromatic rings. The molecule has 0 spiro atoms. The molecule has 0 amide bonds. The zero-order valence-electron chi connectivity index (χ0n) is 13.1. The second kappa shape index (κ2) is 6.59. The lowest BCUT2D eigenvalue weighted by molar-refractivity contribution is 0.281. The zero-order chi connectivity index (χ0) is 15.4. The first-order chi connectivity index (χ1) is 10.1. The molecule has 0 bridgehead atoms. The van der Waals surface area contributed by atoms with Gasteiger partial charge in [-0.05, 0) is 31.5 Å². The Morgan fingerprint density at radius 1 is 1.24 bits per heavy atom. The van der Waals surface area contributed by atoms with Crippen molar-refractivity contribution in [2.75, 3.05) is 19.1 Å². The SMILES string of the molecule is COc1ccccc1CN(C)c1nc(C)cc(C)c1CO. The van der Waals surface area contributed by atoms with Crippen molar-refractivity contribution < 1.29 is 9.84 Å². The number of rotatable bonds is 5. The Morgan fingerprint density at radius 2 is 1.95 bits per heavy atom. The van der Waals surface area contributed by atoms with Crippen LogP contribution in [0, 0.1) is 13.8 Å². The largest absolute Gasteiger partial charge is 0.496 e. The van der Waals surface area contributed by atoms with E-state index in [-0.39, 0.29) is 6.61 Å². The monoisotopic (exact) mass is 286 g/mol. The average molecular weight is 286 g/mol. The molecule has 21 heavy (non-hydrogen) atoms. The van der Waals surface area contributed by atoms with Crippen molar-refractivity contribution in [3.8, 4) is 5.75 Å². The topological polar surface area (TPSA) is 45.6 Å². The summed E-state index contributed by atoms with van der Waals surface area (Å²) in [6, 6.07) is 9.93. The van der Waals surface area contributed by atoms with Gasteiger partial charge in [-0.3, -0.25) is 0 Å². The third-order valence-electron chi connectivity index (χ3n) is 3.57. The van der Waals surface area contributed by atoms with Crippen LogP contribution >= 0.6 is 0 Å². The van der Waals surface area contributed by atoms with Gasteiger partial charge in [-0.15, -0.1) is 0 Å². The second-order valence-electron chi connectivity index (χ2n) is 5.21. The maximum atomic E-state index is 9.61. The lowest BCUT2D eigenvalue weighted by Crippen LogP contribution is -2.21. The first-order valence-electron chi connectivity index (χ1n) is 6.97. The number of hydrogen-bond donors (Lipinski definition) is 1. The van der Waals surface area contributed by atoms with Gasteiger partial charge in [-0.2, -0.15) is 0 Å². The van der Waals surface area contributed by atoms with Gasteiger partial charge in [-0.1, -0.05) is 18.2 Å². The number of para-hydroxylation sites is 1. The highest BCUT2D eigenvalue weighted by molar-refractivity contribution is 5.52. The Balaban J connectivity index is 2.34. The van der Waals surface area contributed by atoms with Gasteiger partial charge in [0.25, 0.3) is 0 Å². The maximum Gasteiger partial charge on any atom is 0.134 e. The number of aliphatic hydroxyl groups is 1. The third-order valence-corrected chi connectivity index (χ3v) is 3.57. The third kappa shape index (κ3) is 3.34. The van der Waals surface area contributed by atoms with Crippen molar-refractivity contribution in [1.82, 2.24) is 4.98 Å². The second-order valence-corrected chi connectivity index (χ2v) is 5.21. The Kier molecular flexibility index (Phi) is 4.81. The minimum Gasteiger partial charge on any atom is -0.496 e. The van der Waals surface area contributed by atoms with E-state index in [2.05, 4.69) is 4.98 Å². The summed E-state index contributed by atoms with van der Waals surface area (Å²) in [4.78, 5) is 6.63. The van der Waals surface area contributed by atoms with E-state index in [1.165, 1.54) is 0 Å². The summed E-state index contributed by atoms with van der Waals surface area (Å²) in [6.07, 6.45) is 0. The fourth-order valence-electron chi connectivity index (χ4n) is 2.52. The highest BCUT2D eigenvalue weighted by Gasteiger charge is 2.14. The van der Waals surface area contributed by atoms with Crippen LogP contribution in [0.1, 0.15) is 22.4 Å². The van der Waals surface area contributed by atoms with Crippen LogP contribution in [0.5, 0.6) is 5.75 Å². The van der Waals surface area contributed by atoms with Crippen LogP contribution in [0.2, 0.25) is 0 Å². The Hall–Kier alpha value is -2.07. The molecule has 1 N–H and O–H groups in total. The van der Waals surface area contributed by atoms with E-state index in [9.17, 15) is 5.11 Å². The Labute approximate surface area is 126 Å². The van der Waals surface area contributed by atoms with Gasteiger partial charge in [-0.25, -0.2) is 4.98 Å². The van der Waals surface area contributed by atoms with E-state index >= 15 is 0 Å². The number of hydrogen-bond acceptors (Lipinski definition) is 4. The molecule has 0 fully saturated rings. The molecule has 0 unspecified atom stereocenters. The highest BCUT2D eigenvalue weighted by Crippen LogP contribution is 2.25. The zero-order valence-corrected chi connectivity index (χ0v) is 13.1. The van der Waals surface area contributed by atoms with Crippen molar-refractivity contribution in [2.24, 2.45) is 0 Å². The van der Waals surface area contributed by atoms with Crippen LogP contribution in [0.4, 0.5) is 5.82 Å². The number of aliphatic hydroxyl groups excluding tert-OH is 1. The number of methoxy groups -OCH3 is 1. The van der Waals surface area contributed by atoms with Crippen LogP contribution in [0.25, 0.3) is 0 Å². The van der Waals surface area contributed by atoms with Crippen LogP contribution in [-0.4, -0.2) is 24.2 Å². The molecular weight excluding hydrogens is 264 g/mol. The Morgan fingerprint density at radius 3 is 2.62 bits per heavy atom.